The maximum Gasteiger partial charge on any atom is 0.254 e. The lowest BCUT2D eigenvalue weighted by Crippen LogP contribution is -2.55. The van der Waals surface area contributed by atoms with Gasteiger partial charge in [0.1, 0.15) is 5.82 Å². The zero-order chi connectivity index (χ0) is 17.0. The first-order valence-corrected chi connectivity index (χ1v) is 8.03. The van der Waals surface area contributed by atoms with Crippen molar-refractivity contribution in [2.75, 3.05) is 26.2 Å². The number of amides is 2. The molecule has 0 spiro atoms. The van der Waals surface area contributed by atoms with Crippen LogP contribution in [0.25, 0.3) is 0 Å². The molecule has 0 saturated carbocycles. The lowest BCUT2D eigenvalue weighted by molar-refractivity contribution is -0.135. The summed E-state index contributed by atoms with van der Waals surface area (Å²) in [5, 5.41) is 0. The monoisotopic (exact) mass is 357 g/mol. The van der Waals surface area contributed by atoms with E-state index in [4.69, 9.17) is 5.73 Å². The third-order valence-corrected chi connectivity index (χ3v) is 4.49. The van der Waals surface area contributed by atoms with E-state index in [1.165, 1.54) is 18.2 Å². The van der Waals surface area contributed by atoms with Gasteiger partial charge in [0, 0.05) is 31.7 Å². The highest BCUT2D eigenvalue weighted by atomic mass is 35.5. The Balaban J connectivity index is 0.00000288. The summed E-state index contributed by atoms with van der Waals surface area (Å²) in [6, 6.07) is 5.17. The molecule has 7 heteroatoms. The van der Waals surface area contributed by atoms with Crippen LogP contribution in [0.1, 0.15) is 30.6 Å². The number of nitrogens with zero attached hydrogens (tertiary/aromatic N) is 2. The van der Waals surface area contributed by atoms with Crippen LogP contribution in [0.4, 0.5) is 4.39 Å². The molecule has 0 aromatic heterocycles. The highest BCUT2D eigenvalue weighted by Crippen LogP contribution is 2.13. The van der Waals surface area contributed by atoms with E-state index in [0.29, 0.717) is 31.7 Å². The molecule has 0 aliphatic carbocycles. The minimum Gasteiger partial charge on any atom is -0.338 e. The first-order valence-electron chi connectivity index (χ1n) is 8.03. The molecule has 1 fully saturated rings. The number of carbonyl (C=O) groups is 2. The highest BCUT2D eigenvalue weighted by Gasteiger charge is 2.29. The van der Waals surface area contributed by atoms with E-state index in [1.807, 2.05) is 13.8 Å². The number of halogens is 2. The molecule has 1 aromatic rings. The number of nitrogens with two attached hydrogens (primary N) is 1. The van der Waals surface area contributed by atoms with E-state index in [2.05, 4.69) is 0 Å². The fraction of sp³-hybridized carbons (Fsp3) is 0.529. The normalized spacial score (nSPS) is 17.0. The number of rotatable bonds is 4. The number of hydrogen-bond acceptors (Lipinski definition) is 3. The third-order valence-electron chi connectivity index (χ3n) is 4.49. The van der Waals surface area contributed by atoms with Crippen molar-refractivity contribution in [2.24, 2.45) is 11.7 Å². The molecule has 2 unspecified atom stereocenters. The van der Waals surface area contributed by atoms with Crippen LogP contribution < -0.4 is 5.73 Å². The van der Waals surface area contributed by atoms with Crippen LogP contribution in [0.5, 0.6) is 0 Å². The molecule has 0 radical (unpaired) electrons. The molecular weight excluding hydrogens is 333 g/mol. The van der Waals surface area contributed by atoms with Gasteiger partial charge in [0.15, 0.2) is 0 Å². The first-order chi connectivity index (χ1) is 10.9. The summed E-state index contributed by atoms with van der Waals surface area (Å²) >= 11 is 0. The van der Waals surface area contributed by atoms with Crippen molar-refractivity contribution in [3.63, 3.8) is 0 Å². The summed E-state index contributed by atoms with van der Waals surface area (Å²) < 4.78 is 13.2. The Hall–Kier alpha value is -1.66. The number of benzene rings is 1. The maximum absolute atomic E-state index is 13.2. The summed E-state index contributed by atoms with van der Waals surface area (Å²) in [7, 11) is 0. The molecule has 2 rings (SSSR count). The smallest absolute Gasteiger partial charge is 0.254 e. The van der Waals surface area contributed by atoms with Gasteiger partial charge in [-0.2, -0.15) is 0 Å². The van der Waals surface area contributed by atoms with Crippen LogP contribution in [0.15, 0.2) is 24.3 Å². The fourth-order valence-electron chi connectivity index (χ4n) is 2.64. The Morgan fingerprint density at radius 3 is 2.33 bits per heavy atom. The predicted octanol–water partition coefficient (Wildman–Crippen LogP) is 1.91. The van der Waals surface area contributed by atoms with Gasteiger partial charge in [0.25, 0.3) is 5.91 Å². The molecule has 5 nitrogen and oxygen atoms in total. The van der Waals surface area contributed by atoms with Gasteiger partial charge in [-0.15, -0.1) is 12.4 Å². The van der Waals surface area contributed by atoms with E-state index in [1.54, 1.807) is 15.9 Å². The molecule has 24 heavy (non-hydrogen) atoms. The third kappa shape index (κ3) is 4.68. The quantitative estimate of drug-likeness (QED) is 0.895. The number of carbonyl (C=O) groups excluding carboxylic acids is 2. The van der Waals surface area contributed by atoms with Gasteiger partial charge in [-0.1, -0.05) is 26.3 Å². The van der Waals surface area contributed by atoms with Crippen LogP contribution in [0.3, 0.4) is 0 Å². The molecule has 1 saturated heterocycles. The summed E-state index contributed by atoms with van der Waals surface area (Å²) in [4.78, 5) is 28.0. The number of hydrogen-bond donors (Lipinski definition) is 1. The zero-order valence-corrected chi connectivity index (χ0v) is 14.9. The van der Waals surface area contributed by atoms with Crippen LogP contribution in [0, 0.1) is 11.7 Å². The summed E-state index contributed by atoms with van der Waals surface area (Å²) in [6.45, 7) is 5.77. The van der Waals surface area contributed by atoms with Crippen molar-refractivity contribution in [1.82, 2.24) is 9.80 Å². The van der Waals surface area contributed by atoms with Gasteiger partial charge in [-0.05, 0) is 24.1 Å². The molecule has 2 amide bonds. The van der Waals surface area contributed by atoms with Crippen molar-refractivity contribution >= 4 is 24.2 Å². The van der Waals surface area contributed by atoms with Gasteiger partial charge >= 0.3 is 0 Å². The lowest BCUT2D eigenvalue weighted by Gasteiger charge is -2.36. The molecule has 1 aliphatic rings. The molecule has 2 atom stereocenters. The minimum absolute atomic E-state index is 0. The van der Waals surface area contributed by atoms with E-state index in [0.717, 1.165) is 6.42 Å². The van der Waals surface area contributed by atoms with Crippen molar-refractivity contribution in [3.05, 3.63) is 35.6 Å². The maximum atomic E-state index is 13.2. The lowest BCUT2D eigenvalue weighted by atomic mass is 9.98. The second kappa shape index (κ2) is 8.99. The average Bonchev–Trinajstić information content (AvgIpc) is 2.59. The molecular formula is C17H25ClFN3O2. The second-order valence-corrected chi connectivity index (χ2v) is 6.04. The van der Waals surface area contributed by atoms with E-state index in [9.17, 15) is 14.0 Å². The van der Waals surface area contributed by atoms with Gasteiger partial charge in [-0.25, -0.2) is 4.39 Å². The van der Waals surface area contributed by atoms with Crippen molar-refractivity contribution in [1.29, 1.82) is 0 Å². The van der Waals surface area contributed by atoms with Gasteiger partial charge in [0.05, 0.1) is 6.04 Å². The van der Waals surface area contributed by atoms with Gasteiger partial charge in [0.2, 0.25) is 5.91 Å². The molecule has 0 bridgehead atoms. The Morgan fingerprint density at radius 1 is 1.21 bits per heavy atom. The Morgan fingerprint density at radius 2 is 1.79 bits per heavy atom. The fourth-order valence-corrected chi connectivity index (χ4v) is 2.64. The molecule has 1 heterocycles. The van der Waals surface area contributed by atoms with E-state index in [-0.39, 0.29) is 30.1 Å². The SMILES string of the molecule is CCC(C)C(N)C(=O)N1CCN(C(=O)c2cccc(F)c2)CC1.Cl. The van der Waals surface area contributed by atoms with Crippen molar-refractivity contribution < 1.29 is 14.0 Å². The van der Waals surface area contributed by atoms with Crippen molar-refractivity contribution in [2.45, 2.75) is 26.3 Å². The predicted molar refractivity (Wildman–Crippen MR) is 93.6 cm³/mol. The summed E-state index contributed by atoms with van der Waals surface area (Å²) in [6.07, 6.45) is 0.852. The van der Waals surface area contributed by atoms with E-state index >= 15 is 0 Å². The van der Waals surface area contributed by atoms with Gasteiger partial charge in [-0.3, -0.25) is 9.59 Å². The Labute approximate surface area is 148 Å². The Bertz CT molecular complexity index is 577. The average molecular weight is 358 g/mol. The van der Waals surface area contributed by atoms with Crippen LogP contribution in [-0.4, -0.2) is 53.8 Å². The van der Waals surface area contributed by atoms with Crippen molar-refractivity contribution in [3.8, 4) is 0 Å². The van der Waals surface area contributed by atoms with Crippen LogP contribution >= 0.6 is 12.4 Å². The molecule has 2 N–H and O–H groups in total. The van der Waals surface area contributed by atoms with Gasteiger partial charge < -0.3 is 15.5 Å². The first kappa shape index (κ1) is 20.4. The molecule has 1 aromatic carbocycles. The summed E-state index contributed by atoms with van der Waals surface area (Å²) in [5.74, 6) is -0.557. The topological polar surface area (TPSA) is 66.6 Å². The number of piperazine rings is 1. The Kier molecular flexibility index (Phi) is 7.63. The second-order valence-electron chi connectivity index (χ2n) is 6.04. The zero-order valence-electron chi connectivity index (χ0n) is 14.1. The molecule has 134 valence electrons. The van der Waals surface area contributed by atoms with Crippen LogP contribution in [-0.2, 0) is 4.79 Å². The van der Waals surface area contributed by atoms with E-state index < -0.39 is 11.9 Å². The van der Waals surface area contributed by atoms with Crippen LogP contribution in [0.2, 0.25) is 0 Å². The largest absolute Gasteiger partial charge is 0.338 e. The standard InChI is InChI=1S/C17H24FN3O2.ClH/c1-3-12(2)15(19)17(23)21-9-7-20(8-10-21)16(22)13-5-4-6-14(18)11-13;/h4-6,11-12,15H,3,7-10,19H2,1-2H3;1H. The minimum atomic E-state index is -0.495. The molecule has 1 aliphatic heterocycles. The highest BCUT2D eigenvalue weighted by molar-refractivity contribution is 5.94. The summed E-state index contributed by atoms with van der Waals surface area (Å²) in [5.41, 5.74) is 6.33.